The summed E-state index contributed by atoms with van der Waals surface area (Å²) in [6.07, 6.45) is 9.95. The number of hydrogen-bond donors (Lipinski definition) is 2. The molecule has 0 aromatic rings. The van der Waals surface area contributed by atoms with E-state index in [1.165, 1.54) is 51.5 Å². The Kier molecular flexibility index (Phi) is 4.26. The third kappa shape index (κ3) is 4.06. The lowest BCUT2D eigenvalue weighted by Gasteiger charge is -2.35. The van der Waals surface area contributed by atoms with Crippen LogP contribution in [0.5, 0.6) is 0 Å². The Balaban J connectivity index is 1.60. The van der Waals surface area contributed by atoms with E-state index in [2.05, 4.69) is 24.5 Å². The molecule has 0 aliphatic heterocycles. The highest BCUT2D eigenvalue weighted by Gasteiger charge is 2.27. The zero-order valence-corrected chi connectivity index (χ0v) is 11.0. The molecule has 2 aliphatic rings. The average Bonchev–Trinajstić information content (AvgIpc) is 3.09. The predicted octanol–water partition coefficient (Wildman–Crippen LogP) is 2.69. The van der Waals surface area contributed by atoms with Crippen LogP contribution >= 0.6 is 0 Å². The Labute approximate surface area is 101 Å². The molecule has 0 saturated heterocycles. The minimum atomic E-state index is 0.575. The molecule has 2 fully saturated rings. The van der Waals surface area contributed by atoms with E-state index in [0.29, 0.717) is 11.5 Å². The van der Waals surface area contributed by atoms with E-state index in [1.807, 2.05) is 0 Å². The molecular weight excluding hydrogens is 196 g/mol. The minimum Gasteiger partial charge on any atom is -0.312 e. The summed E-state index contributed by atoms with van der Waals surface area (Å²) in [7, 11) is 0. The lowest BCUT2D eigenvalue weighted by molar-refractivity contribution is 0.201. The second kappa shape index (κ2) is 5.50. The van der Waals surface area contributed by atoms with Gasteiger partial charge in [0, 0.05) is 25.2 Å². The summed E-state index contributed by atoms with van der Waals surface area (Å²) in [6.45, 7) is 7.11. The molecule has 2 heteroatoms. The quantitative estimate of drug-likeness (QED) is 0.725. The van der Waals surface area contributed by atoms with Gasteiger partial charge in [-0.3, -0.25) is 0 Å². The Morgan fingerprint density at radius 1 is 1.19 bits per heavy atom. The van der Waals surface area contributed by atoms with Crippen LogP contribution in [0.15, 0.2) is 0 Å². The van der Waals surface area contributed by atoms with Gasteiger partial charge in [0.15, 0.2) is 0 Å². The standard InChI is InChI=1S/C14H28N2/c1-12(10-15-13-6-7-13)16-11-14(2)8-4-3-5-9-14/h12-13,15-16H,3-11H2,1-2H3. The summed E-state index contributed by atoms with van der Waals surface area (Å²) in [5.74, 6) is 0. The molecule has 2 nitrogen and oxygen atoms in total. The number of hydrogen-bond acceptors (Lipinski definition) is 2. The molecule has 0 radical (unpaired) electrons. The van der Waals surface area contributed by atoms with E-state index in [1.54, 1.807) is 0 Å². The summed E-state index contributed by atoms with van der Waals surface area (Å²) in [5.41, 5.74) is 0.575. The summed E-state index contributed by atoms with van der Waals surface area (Å²) in [6, 6.07) is 1.47. The van der Waals surface area contributed by atoms with E-state index < -0.39 is 0 Å². The van der Waals surface area contributed by atoms with Gasteiger partial charge >= 0.3 is 0 Å². The molecule has 0 amide bonds. The summed E-state index contributed by atoms with van der Waals surface area (Å²) < 4.78 is 0. The van der Waals surface area contributed by atoms with Crippen LogP contribution in [0.2, 0.25) is 0 Å². The van der Waals surface area contributed by atoms with Crippen molar-refractivity contribution in [1.29, 1.82) is 0 Å². The fourth-order valence-corrected chi connectivity index (χ4v) is 2.71. The van der Waals surface area contributed by atoms with Crippen LogP contribution < -0.4 is 10.6 Å². The van der Waals surface area contributed by atoms with E-state index in [-0.39, 0.29) is 0 Å². The molecule has 0 heterocycles. The van der Waals surface area contributed by atoms with Gasteiger partial charge in [0.05, 0.1) is 0 Å². The van der Waals surface area contributed by atoms with Crippen molar-refractivity contribution in [2.75, 3.05) is 13.1 Å². The van der Waals surface area contributed by atoms with Crippen molar-refractivity contribution in [1.82, 2.24) is 10.6 Å². The molecule has 1 unspecified atom stereocenters. The monoisotopic (exact) mass is 224 g/mol. The van der Waals surface area contributed by atoms with Gasteiger partial charge < -0.3 is 10.6 Å². The van der Waals surface area contributed by atoms with Crippen molar-refractivity contribution in [2.24, 2.45) is 5.41 Å². The molecule has 1 atom stereocenters. The SMILES string of the molecule is CC(CNC1CC1)NCC1(C)CCCCC1. The first kappa shape index (κ1) is 12.4. The van der Waals surface area contributed by atoms with Crippen molar-refractivity contribution in [3.05, 3.63) is 0 Å². The van der Waals surface area contributed by atoms with Crippen LogP contribution in [-0.4, -0.2) is 25.2 Å². The van der Waals surface area contributed by atoms with E-state index in [0.717, 1.165) is 12.6 Å². The topological polar surface area (TPSA) is 24.1 Å². The number of nitrogens with one attached hydrogen (secondary N) is 2. The molecule has 16 heavy (non-hydrogen) atoms. The molecular formula is C14H28N2. The summed E-state index contributed by atoms with van der Waals surface area (Å²) in [5, 5.41) is 7.31. The normalized spacial score (nSPS) is 26.6. The van der Waals surface area contributed by atoms with Gasteiger partial charge in [-0.1, -0.05) is 26.2 Å². The highest BCUT2D eigenvalue weighted by atomic mass is 15.0. The molecule has 0 spiro atoms. The first-order valence-electron chi connectivity index (χ1n) is 7.15. The lowest BCUT2D eigenvalue weighted by atomic mass is 9.75. The van der Waals surface area contributed by atoms with Crippen LogP contribution in [0.3, 0.4) is 0 Å². The molecule has 0 aromatic heterocycles. The fourth-order valence-electron chi connectivity index (χ4n) is 2.71. The predicted molar refractivity (Wildman–Crippen MR) is 69.7 cm³/mol. The van der Waals surface area contributed by atoms with Gasteiger partial charge in [0.25, 0.3) is 0 Å². The third-order valence-corrected chi connectivity index (χ3v) is 4.23. The van der Waals surface area contributed by atoms with Crippen molar-refractivity contribution >= 4 is 0 Å². The van der Waals surface area contributed by atoms with Crippen molar-refractivity contribution in [3.63, 3.8) is 0 Å². The Hall–Kier alpha value is -0.0800. The van der Waals surface area contributed by atoms with E-state index >= 15 is 0 Å². The first-order chi connectivity index (χ1) is 7.68. The average molecular weight is 224 g/mol. The fraction of sp³-hybridized carbons (Fsp3) is 1.00. The molecule has 2 aliphatic carbocycles. The summed E-state index contributed by atoms with van der Waals surface area (Å²) in [4.78, 5) is 0. The molecule has 2 saturated carbocycles. The zero-order chi connectivity index (χ0) is 11.4. The van der Waals surface area contributed by atoms with E-state index in [4.69, 9.17) is 0 Å². The van der Waals surface area contributed by atoms with Gasteiger partial charge in [-0.2, -0.15) is 0 Å². The maximum absolute atomic E-state index is 3.71. The summed E-state index contributed by atoms with van der Waals surface area (Å²) >= 11 is 0. The van der Waals surface area contributed by atoms with Crippen LogP contribution in [0.25, 0.3) is 0 Å². The van der Waals surface area contributed by atoms with Crippen molar-refractivity contribution < 1.29 is 0 Å². The highest BCUT2D eigenvalue weighted by Crippen LogP contribution is 2.34. The van der Waals surface area contributed by atoms with Gasteiger partial charge in [-0.25, -0.2) is 0 Å². The maximum atomic E-state index is 3.71. The second-order valence-electron chi connectivity index (χ2n) is 6.34. The second-order valence-corrected chi connectivity index (χ2v) is 6.34. The van der Waals surface area contributed by atoms with Crippen LogP contribution in [0, 0.1) is 5.41 Å². The van der Waals surface area contributed by atoms with Crippen LogP contribution in [-0.2, 0) is 0 Å². The third-order valence-electron chi connectivity index (χ3n) is 4.23. The van der Waals surface area contributed by atoms with Crippen LogP contribution in [0.1, 0.15) is 58.8 Å². The first-order valence-corrected chi connectivity index (χ1v) is 7.15. The lowest BCUT2D eigenvalue weighted by Crippen LogP contribution is -2.43. The Morgan fingerprint density at radius 3 is 2.50 bits per heavy atom. The van der Waals surface area contributed by atoms with Gasteiger partial charge in [0.1, 0.15) is 0 Å². The smallest absolute Gasteiger partial charge is 0.0164 e. The zero-order valence-electron chi connectivity index (χ0n) is 11.0. The molecule has 0 bridgehead atoms. The van der Waals surface area contributed by atoms with Crippen molar-refractivity contribution in [2.45, 2.75) is 70.9 Å². The van der Waals surface area contributed by atoms with Crippen molar-refractivity contribution in [3.8, 4) is 0 Å². The largest absolute Gasteiger partial charge is 0.312 e. The minimum absolute atomic E-state index is 0.575. The Morgan fingerprint density at radius 2 is 1.88 bits per heavy atom. The van der Waals surface area contributed by atoms with E-state index in [9.17, 15) is 0 Å². The van der Waals surface area contributed by atoms with Gasteiger partial charge in [-0.05, 0) is 38.0 Å². The van der Waals surface area contributed by atoms with Gasteiger partial charge in [-0.15, -0.1) is 0 Å². The molecule has 2 rings (SSSR count). The van der Waals surface area contributed by atoms with Gasteiger partial charge in [0.2, 0.25) is 0 Å². The highest BCUT2D eigenvalue weighted by molar-refractivity contribution is 4.84. The molecule has 2 N–H and O–H groups in total. The Bertz CT molecular complexity index is 205. The number of rotatable bonds is 6. The maximum Gasteiger partial charge on any atom is 0.0164 e. The molecule has 94 valence electrons. The molecule has 0 aromatic carbocycles. The van der Waals surface area contributed by atoms with Crippen LogP contribution in [0.4, 0.5) is 0 Å².